The van der Waals surface area contributed by atoms with Crippen LogP contribution in [0.3, 0.4) is 0 Å². The fraction of sp³-hybridized carbons (Fsp3) is 0.320. The van der Waals surface area contributed by atoms with Crippen LogP contribution in [0.4, 0.5) is 5.82 Å². The molecule has 9 nitrogen and oxygen atoms in total. The minimum Gasteiger partial charge on any atom is -0.491 e. The molecule has 0 amide bonds. The number of Topliss-reactive ketones (excluding diaryl/α,β-unsaturated/α-hetero) is 1. The Kier molecular flexibility index (Phi) is 7.51. The SMILES string of the molecule is CNC(/C=C1/CCc2c(OC[C@H]3CCCN3c3ncnc4nc[nH]c34)cccc2C1=O)=C(/Cl)C=NI. The Morgan fingerprint density at radius 2 is 2.25 bits per heavy atom. The lowest BCUT2D eigenvalue weighted by Crippen LogP contribution is -2.35. The monoisotopic (exact) mass is 617 g/mol. The lowest BCUT2D eigenvalue weighted by molar-refractivity contribution is 0.102. The van der Waals surface area contributed by atoms with E-state index in [4.69, 9.17) is 16.3 Å². The maximum Gasteiger partial charge on any atom is 0.189 e. The molecule has 0 spiro atoms. The number of ether oxygens (including phenoxy) is 1. The van der Waals surface area contributed by atoms with E-state index in [2.05, 4.69) is 33.4 Å². The molecule has 1 aromatic carbocycles. The van der Waals surface area contributed by atoms with Gasteiger partial charge in [0.25, 0.3) is 0 Å². The first-order valence-electron chi connectivity index (χ1n) is 11.7. The molecule has 1 saturated heterocycles. The van der Waals surface area contributed by atoms with Gasteiger partial charge in [-0.25, -0.2) is 18.2 Å². The molecular formula is C25H25ClIN7O2. The second-order valence-electron chi connectivity index (χ2n) is 8.62. The average molecular weight is 618 g/mol. The highest BCUT2D eigenvalue weighted by Crippen LogP contribution is 2.34. The topological polar surface area (TPSA) is 108 Å². The van der Waals surface area contributed by atoms with E-state index < -0.39 is 0 Å². The quantitative estimate of drug-likeness (QED) is 0.228. The molecule has 0 unspecified atom stereocenters. The number of carbonyl (C=O) groups is 1. The number of fused-ring (bicyclic) bond motifs is 2. The number of anilines is 1. The van der Waals surface area contributed by atoms with Crippen LogP contribution >= 0.6 is 34.5 Å². The number of nitrogens with one attached hydrogen (secondary N) is 2. The van der Waals surface area contributed by atoms with E-state index in [0.29, 0.717) is 47.0 Å². The van der Waals surface area contributed by atoms with Gasteiger partial charge in [-0.05, 0) is 37.8 Å². The van der Waals surface area contributed by atoms with E-state index in [1.807, 2.05) is 47.1 Å². The van der Waals surface area contributed by atoms with Gasteiger partial charge in [-0.3, -0.25) is 4.79 Å². The molecule has 2 N–H and O–H groups in total. The molecule has 0 saturated carbocycles. The summed E-state index contributed by atoms with van der Waals surface area (Å²) in [5.74, 6) is 1.61. The first-order valence-corrected chi connectivity index (χ1v) is 13.1. The van der Waals surface area contributed by atoms with Crippen LogP contribution in [-0.4, -0.2) is 58.2 Å². The third-order valence-electron chi connectivity index (χ3n) is 6.60. The minimum atomic E-state index is -0.00422. The van der Waals surface area contributed by atoms with Crippen molar-refractivity contribution in [1.29, 1.82) is 0 Å². The molecule has 2 aliphatic rings. The van der Waals surface area contributed by atoms with Gasteiger partial charge in [-0.2, -0.15) is 0 Å². The zero-order valence-corrected chi connectivity index (χ0v) is 22.6. The summed E-state index contributed by atoms with van der Waals surface area (Å²) in [7, 11) is 1.77. The Bertz CT molecular complexity index is 1380. The fourth-order valence-corrected chi connectivity index (χ4v) is 5.49. The molecule has 3 heterocycles. The number of rotatable bonds is 7. The lowest BCUT2D eigenvalue weighted by Gasteiger charge is -2.27. The number of H-pyrrole nitrogens is 1. The van der Waals surface area contributed by atoms with Crippen LogP contribution in [0.5, 0.6) is 5.75 Å². The van der Waals surface area contributed by atoms with E-state index in [0.717, 1.165) is 42.0 Å². The number of ketones is 1. The summed E-state index contributed by atoms with van der Waals surface area (Å²) in [5.41, 5.74) is 4.50. The number of aromatic nitrogens is 4. The lowest BCUT2D eigenvalue weighted by atomic mass is 9.86. The van der Waals surface area contributed by atoms with E-state index in [1.165, 1.54) is 0 Å². The van der Waals surface area contributed by atoms with Gasteiger partial charge in [0.05, 0.1) is 52.2 Å². The van der Waals surface area contributed by atoms with Crippen LogP contribution < -0.4 is 15.0 Å². The highest BCUT2D eigenvalue weighted by atomic mass is 127. The van der Waals surface area contributed by atoms with Crippen LogP contribution in [0, 0.1) is 0 Å². The zero-order valence-electron chi connectivity index (χ0n) is 19.7. The van der Waals surface area contributed by atoms with Gasteiger partial charge >= 0.3 is 0 Å². The second-order valence-corrected chi connectivity index (χ2v) is 9.58. The molecule has 3 aromatic rings. The minimum absolute atomic E-state index is 0.00422. The highest BCUT2D eigenvalue weighted by molar-refractivity contribution is 14.1. The molecule has 2 aromatic heterocycles. The van der Waals surface area contributed by atoms with E-state index in [9.17, 15) is 4.79 Å². The van der Waals surface area contributed by atoms with Gasteiger partial charge in [0, 0.05) is 30.3 Å². The predicted molar refractivity (Wildman–Crippen MR) is 149 cm³/mol. The number of halogens is 2. The smallest absolute Gasteiger partial charge is 0.189 e. The van der Waals surface area contributed by atoms with Gasteiger partial charge in [-0.15, -0.1) is 0 Å². The zero-order chi connectivity index (χ0) is 25.1. The largest absolute Gasteiger partial charge is 0.491 e. The summed E-state index contributed by atoms with van der Waals surface area (Å²) in [6.45, 7) is 1.40. The normalized spacial score (nSPS) is 19.8. The van der Waals surface area contributed by atoms with Crippen molar-refractivity contribution in [3.63, 3.8) is 0 Å². The highest BCUT2D eigenvalue weighted by Gasteiger charge is 2.30. The number of likely N-dealkylation sites (N-methyl/N-ethyl adjacent to an activating group) is 1. The molecule has 0 bridgehead atoms. The third-order valence-corrected chi connectivity index (χ3v) is 7.18. The maximum absolute atomic E-state index is 13.3. The number of nitrogens with zero attached hydrogens (tertiary/aromatic N) is 5. The second kappa shape index (κ2) is 11.0. The number of hydrogen-bond acceptors (Lipinski definition) is 8. The number of hydrogen-bond donors (Lipinski definition) is 2. The first kappa shape index (κ1) is 24.7. The molecule has 1 aliphatic heterocycles. The van der Waals surface area contributed by atoms with Crippen molar-refractivity contribution < 1.29 is 9.53 Å². The van der Waals surface area contributed by atoms with Crippen molar-refractivity contribution in [2.24, 2.45) is 3.21 Å². The standard InChI is InChI=1S/C25H25ClIN7O2/c1-28-20(19(26)11-33-27)10-15-7-8-17-18(23(15)35)5-2-6-21(17)36-12-16-4-3-9-34(16)25-22-24(30-13-29-22)31-14-32-25/h2,5-6,10-11,13-14,16,28H,3-4,7-9,12H2,1H3,(H,29,30,31,32)/b15-10-,20-19+,33-11?/t16-/m1/s1. The van der Waals surface area contributed by atoms with Gasteiger partial charge in [0.2, 0.25) is 0 Å². The summed E-state index contributed by atoms with van der Waals surface area (Å²) in [6, 6.07) is 5.86. The first-order chi connectivity index (χ1) is 17.6. The van der Waals surface area contributed by atoms with Crippen molar-refractivity contribution in [3.8, 4) is 5.75 Å². The van der Waals surface area contributed by atoms with E-state index >= 15 is 0 Å². The van der Waals surface area contributed by atoms with Crippen molar-refractivity contribution in [2.45, 2.75) is 31.7 Å². The van der Waals surface area contributed by atoms with Crippen LogP contribution in [0.2, 0.25) is 0 Å². The van der Waals surface area contributed by atoms with Gasteiger partial charge in [0.1, 0.15) is 24.2 Å². The fourth-order valence-electron chi connectivity index (χ4n) is 4.85. The predicted octanol–water partition coefficient (Wildman–Crippen LogP) is 4.55. The number of benzene rings is 1. The van der Waals surface area contributed by atoms with Crippen molar-refractivity contribution in [3.05, 3.63) is 64.4 Å². The van der Waals surface area contributed by atoms with E-state index in [-0.39, 0.29) is 11.8 Å². The molecule has 11 heteroatoms. The number of carbonyl (C=O) groups excluding carboxylic acids is 1. The third kappa shape index (κ3) is 4.83. The summed E-state index contributed by atoms with van der Waals surface area (Å²) in [6.07, 6.45) is 9.93. The summed E-state index contributed by atoms with van der Waals surface area (Å²) in [4.78, 5) is 31.7. The van der Waals surface area contributed by atoms with Crippen molar-refractivity contribution in [2.75, 3.05) is 25.1 Å². The number of allylic oxidation sites excluding steroid dienone is 3. The Morgan fingerprint density at radius 3 is 3.08 bits per heavy atom. The number of imidazole rings is 1. The molecule has 1 atom stereocenters. The summed E-state index contributed by atoms with van der Waals surface area (Å²) in [5, 5.41) is 3.50. The maximum atomic E-state index is 13.3. The Labute approximate surface area is 227 Å². The Morgan fingerprint density at radius 1 is 1.36 bits per heavy atom. The molecular weight excluding hydrogens is 593 g/mol. The molecule has 36 heavy (non-hydrogen) atoms. The molecule has 5 rings (SSSR count). The van der Waals surface area contributed by atoms with Gasteiger partial charge in [0.15, 0.2) is 17.2 Å². The molecule has 1 aliphatic carbocycles. The van der Waals surface area contributed by atoms with Crippen molar-refractivity contribution in [1.82, 2.24) is 25.3 Å². The Hall–Kier alpha value is -2.99. The molecule has 0 radical (unpaired) electrons. The molecule has 186 valence electrons. The van der Waals surface area contributed by atoms with Crippen LogP contribution in [0.15, 0.2) is 56.4 Å². The van der Waals surface area contributed by atoms with E-state index in [1.54, 1.807) is 25.9 Å². The summed E-state index contributed by atoms with van der Waals surface area (Å²) >= 11 is 8.16. The van der Waals surface area contributed by atoms with Gasteiger partial charge < -0.3 is 19.9 Å². The van der Waals surface area contributed by atoms with Crippen LogP contribution in [-0.2, 0) is 6.42 Å². The summed E-state index contributed by atoms with van der Waals surface area (Å²) < 4.78 is 10.3. The average Bonchev–Trinajstić information content (AvgIpc) is 3.57. The van der Waals surface area contributed by atoms with Crippen molar-refractivity contribution >= 4 is 63.4 Å². The molecule has 1 fully saturated rings. The van der Waals surface area contributed by atoms with Crippen LogP contribution in [0.25, 0.3) is 11.2 Å². The van der Waals surface area contributed by atoms with Gasteiger partial charge in [-0.1, -0.05) is 23.7 Å². The Balaban J connectivity index is 1.35. The number of aromatic amines is 1. The van der Waals surface area contributed by atoms with Crippen LogP contribution in [0.1, 0.15) is 35.2 Å².